The number of amides is 2. The van der Waals surface area contributed by atoms with Crippen LogP contribution < -0.4 is 30.5 Å². The minimum atomic E-state index is -0.216. The van der Waals surface area contributed by atoms with Gasteiger partial charge in [0.2, 0.25) is 17.6 Å². The lowest BCUT2D eigenvalue weighted by Gasteiger charge is -2.08. The number of nitrogens with zero attached hydrogens (tertiary/aromatic N) is 4. The van der Waals surface area contributed by atoms with E-state index in [0.29, 0.717) is 39.4 Å². The second-order valence-electron chi connectivity index (χ2n) is 10.2. The Hall–Kier alpha value is -6.14. The number of nitrogens with one attached hydrogen (secondary N) is 2. The van der Waals surface area contributed by atoms with E-state index in [-0.39, 0.29) is 24.1 Å². The molecule has 0 spiro atoms. The maximum absolute atomic E-state index is 12.6. The van der Waals surface area contributed by atoms with E-state index >= 15 is 0 Å². The molecule has 4 N–H and O–H groups in total. The summed E-state index contributed by atoms with van der Waals surface area (Å²) in [7, 11) is 0. The Bertz CT molecular complexity index is 1940. The summed E-state index contributed by atoms with van der Waals surface area (Å²) in [6, 6.07) is 36.8. The molecule has 2 heterocycles. The second kappa shape index (κ2) is 14.8. The molecular formula is C35H30N7O4S+. The number of benzene rings is 4. The minimum absolute atomic E-state index is 0.0876. The van der Waals surface area contributed by atoms with Gasteiger partial charge in [-0.3, -0.25) is 9.59 Å². The van der Waals surface area contributed by atoms with Gasteiger partial charge in [-0.1, -0.05) is 48.2 Å². The highest BCUT2D eigenvalue weighted by Crippen LogP contribution is 2.25. The van der Waals surface area contributed by atoms with Gasteiger partial charge in [0.05, 0.1) is 5.75 Å². The molecule has 0 bridgehead atoms. The average molecular weight is 645 g/mol. The van der Waals surface area contributed by atoms with Gasteiger partial charge in [0.15, 0.2) is 18.2 Å². The second-order valence-corrected chi connectivity index (χ2v) is 11.1. The van der Waals surface area contributed by atoms with Crippen molar-refractivity contribution in [1.82, 2.24) is 14.9 Å². The number of hydrogen-bond donors (Lipinski definition) is 3. The Balaban J connectivity index is 0.968. The van der Waals surface area contributed by atoms with Crippen molar-refractivity contribution in [2.75, 3.05) is 22.2 Å². The van der Waals surface area contributed by atoms with Gasteiger partial charge >= 0.3 is 0 Å². The van der Waals surface area contributed by atoms with E-state index in [1.165, 1.54) is 16.4 Å². The summed E-state index contributed by atoms with van der Waals surface area (Å²) in [6.45, 7) is 0.108. The lowest BCUT2D eigenvalue weighted by Crippen LogP contribution is -2.39. The quantitative estimate of drug-likeness (QED) is 0.0851. The number of para-hydroxylation sites is 2. The zero-order chi connectivity index (χ0) is 32.4. The number of aromatic nitrogens is 4. The summed E-state index contributed by atoms with van der Waals surface area (Å²) < 4.78 is 14.7. The first-order chi connectivity index (χ1) is 23.0. The topological polar surface area (TPSA) is 137 Å². The van der Waals surface area contributed by atoms with Crippen molar-refractivity contribution in [3.8, 4) is 34.4 Å². The fourth-order valence-electron chi connectivity index (χ4n) is 4.44. The first-order valence-corrected chi connectivity index (χ1v) is 15.6. The third kappa shape index (κ3) is 8.53. The number of ether oxygens (including phenoxy) is 2. The van der Waals surface area contributed by atoms with Crippen LogP contribution in [0.2, 0.25) is 0 Å². The van der Waals surface area contributed by atoms with Gasteiger partial charge < -0.3 is 25.9 Å². The Labute approximate surface area is 275 Å². The first-order valence-electron chi connectivity index (χ1n) is 14.6. The number of hydrogen-bond acceptors (Lipinski definition) is 8. The van der Waals surface area contributed by atoms with E-state index in [1.807, 2.05) is 60.7 Å². The molecule has 0 fully saturated rings. The Morgan fingerprint density at radius 3 is 1.68 bits per heavy atom. The molecule has 0 saturated heterocycles. The van der Waals surface area contributed by atoms with Gasteiger partial charge in [-0.25, -0.2) is 4.68 Å². The van der Waals surface area contributed by atoms with Gasteiger partial charge in [0.1, 0.15) is 23.0 Å². The number of carbonyl (C=O) groups excluding carboxylic acids is 2. The predicted molar refractivity (Wildman–Crippen MR) is 180 cm³/mol. The lowest BCUT2D eigenvalue weighted by molar-refractivity contribution is -0.684. The normalized spacial score (nSPS) is 10.6. The van der Waals surface area contributed by atoms with Crippen LogP contribution in [0.5, 0.6) is 23.0 Å². The van der Waals surface area contributed by atoms with Crippen molar-refractivity contribution < 1.29 is 23.6 Å². The van der Waals surface area contributed by atoms with Crippen molar-refractivity contribution in [2.45, 2.75) is 11.7 Å². The smallest absolute Gasteiger partial charge is 0.290 e. The number of anilines is 2. The maximum Gasteiger partial charge on any atom is 0.290 e. The van der Waals surface area contributed by atoms with Crippen molar-refractivity contribution in [3.63, 3.8) is 0 Å². The molecule has 2 aromatic heterocycles. The Morgan fingerprint density at radius 1 is 0.660 bits per heavy atom. The fraction of sp³-hybridized carbons (Fsp3) is 0.0571. The van der Waals surface area contributed by atoms with E-state index < -0.39 is 0 Å². The number of nitrogens with two attached hydrogens (primary N) is 1. The molecule has 0 aliphatic rings. The fourth-order valence-corrected chi connectivity index (χ4v) is 5.10. The molecule has 0 radical (unpaired) electrons. The van der Waals surface area contributed by atoms with E-state index in [4.69, 9.17) is 15.3 Å². The highest BCUT2D eigenvalue weighted by molar-refractivity contribution is 7.99. The van der Waals surface area contributed by atoms with Gasteiger partial charge in [-0.05, 0) is 72.8 Å². The number of pyridine rings is 1. The van der Waals surface area contributed by atoms with Gasteiger partial charge in [-0.15, -0.1) is 10.2 Å². The zero-order valence-electron chi connectivity index (χ0n) is 25.0. The van der Waals surface area contributed by atoms with Crippen LogP contribution in [0.25, 0.3) is 11.4 Å². The summed E-state index contributed by atoms with van der Waals surface area (Å²) in [5.41, 5.74) is 2.01. The largest absolute Gasteiger partial charge is 0.457 e. The van der Waals surface area contributed by atoms with Crippen LogP contribution in [-0.4, -0.2) is 32.4 Å². The molecule has 4 aromatic carbocycles. The highest BCUT2D eigenvalue weighted by atomic mass is 32.2. The van der Waals surface area contributed by atoms with Crippen LogP contribution in [-0.2, 0) is 16.1 Å². The molecule has 234 valence electrons. The van der Waals surface area contributed by atoms with Gasteiger partial charge in [-0.2, -0.15) is 4.57 Å². The third-order valence-corrected chi connectivity index (χ3v) is 7.65. The van der Waals surface area contributed by atoms with Crippen molar-refractivity contribution in [1.29, 1.82) is 0 Å². The average Bonchev–Trinajstić information content (AvgIpc) is 3.46. The molecule has 47 heavy (non-hydrogen) atoms. The van der Waals surface area contributed by atoms with Crippen LogP contribution in [0.3, 0.4) is 0 Å². The number of nitrogen functional groups attached to an aromatic ring is 1. The summed E-state index contributed by atoms with van der Waals surface area (Å²) in [5.74, 6) is 9.18. The molecule has 0 saturated carbocycles. The van der Waals surface area contributed by atoms with Gasteiger partial charge in [0, 0.05) is 29.1 Å². The van der Waals surface area contributed by atoms with E-state index in [9.17, 15) is 9.59 Å². The number of carbonyl (C=O) groups is 2. The van der Waals surface area contributed by atoms with E-state index in [1.54, 1.807) is 77.6 Å². The molecular weight excluding hydrogens is 614 g/mol. The third-order valence-electron chi connectivity index (χ3n) is 6.71. The van der Waals surface area contributed by atoms with Crippen LogP contribution in [0.1, 0.15) is 0 Å². The Morgan fingerprint density at radius 2 is 1.15 bits per heavy atom. The molecule has 12 heteroatoms. The van der Waals surface area contributed by atoms with Crippen molar-refractivity contribution in [2.24, 2.45) is 0 Å². The Kier molecular flexibility index (Phi) is 9.69. The molecule has 2 amide bonds. The summed E-state index contributed by atoms with van der Waals surface area (Å²) >= 11 is 1.17. The number of rotatable bonds is 12. The molecule has 0 aliphatic heterocycles. The van der Waals surface area contributed by atoms with E-state index in [2.05, 4.69) is 20.8 Å². The maximum atomic E-state index is 12.6. The monoisotopic (exact) mass is 644 g/mol. The molecule has 0 aliphatic carbocycles. The molecule has 11 nitrogen and oxygen atoms in total. The van der Waals surface area contributed by atoms with E-state index in [0.717, 1.165) is 11.5 Å². The van der Waals surface area contributed by atoms with Crippen LogP contribution in [0.15, 0.2) is 139 Å². The van der Waals surface area contributed by atoms with Crippen molar-refractivity contribution >= 4 is 35.0 Å². The lowest BCUT2D eigenvalue weighted by atomic mass is 10.2. The molecule has 0 unspecified atom stereocenters. The van der Waals surface area contributed by atoms with Crippen LogP contribution >= 0.6 is 11.8 Å². The zero-order valence-corrected chi connectivity index (χ0v) is 25.8. The summed E-state index contributed by atoms with van der Waals surface area (Å²) in [5, 5.41) is 14.5. The molecule has 6 rings (SSSR count). The van der Waals surface area contributed by atoms with Crippen molar-refractivity contribution in [3.05, 3.63) is 134 Å². The summed E-state index contributed by atoms with van der Waals surface area (Å²) in [6.07, 6.45) is 3.52. The van der Waals surface area contributed by atoms with Crippen LogP contribution in [0.4, 0.5) is 11.4 Å². The highest BCUT2D eigenvalue weighted by Gasteiger charge is 2.16. The number of thioether (sulfide) groups is 1. The van der Waals surface area contributed by atoms with Gasteiger partial charge in [0.25, 0.3) is 5.91 Å². The predicted octanol–water partition coefficient (Wildman–Crippen LogP) is 5.90. The SMILES string of the molecule is Nn1c(SCC(=O)Nc2ccc(Oc3ccccc3)cc2)nnc1-c1cc[n+](CC(=O)Nc2ccc(Oc3ccccc3)cc2)cc1. The summed E-state index contributed by atoms with van der Waals surface area (Å²) in [4.78, 5) is 25.2. The minimum Gasteiger partial charge on any atom is -0.457 e. The standard InChI is InChI=1S/C35H29N7O4S/c36-42-34(39-40-35(42)47-24-33(44)38-27-13-17-31(18-14-27)46-29-9-5-2-6-10-29)25-19-21-41(22-20-25)23-32(43)37-26-11-15-30(16-12-26)45-28-7-3-1-4-8-28/h1-22H,23-24H2,(H3-,36,37,38,39,43,44)/p+1. The van der Waals surface area contributed by atoms with Crippen LogP contribution in [0, 0.1) is 0 Å². The molecule has 0 atom stereocenters. The first kappa shape index (κ1) is 30.9. The molecule has 6 aromatic rings.